The van der Waals surface area contributed by atoms with Crippen LogP contribution in [0.3, 0.4) is 0 Å². The third-order valence-electron chi connectivity index (χ3n) is 2.97. The lowest BCUT2D eigenvalue weighted by molar-refractivity contribution is -0.142. The second kappa shape index (κ2) is 5.35. The molecular weight excluding hydrogens is 180 g/mol. The molecule has 0 saturated carbocycles. The third-order valence-corrected chi connectivity index (χ3v) is 2.97. The van der Waals surface area contributed by atoms with Crippen LogP contribution in [-0.4, -0.2) is 25.3 Å². The highest BCUT2D eigenvalue weighted by Crippen LogP contribution is 2.32. The summed E-state index contributed by atoms with van der Waals surface area (Å²) in [4.78, 5) is 11.1. The summed E-state index contributed by atoms with van der Waals surface area (Å²) >= 11 is 0. The molecule has 1 fully saturated rings. The Bertz CT molecular complexity index is 191. The molecule has 0 aromatic heterocycles. The van der Waals surface area contributed by atoms with Crippen LogP contribution in [0.4, 0.5) is 0 Å². The second-order valence-electron chi connectivity index (χ2n) is 3.89. The maximum absolute atomic E-state index is 11.1. The molecule has 0 aromatic carbocycles. The molecule has 1 saturated heterocycles. The van der Waals surface area contributed by atoms with Gasteiger partial charge in [0.25, 0.3) is 0 Å². The summed E-state index contributed by atoms with van der Waals surface area (Å²) in [7, 11) is 1.44. The molecule has 3 nitrogen and oxygen atoms in total. The standard InChI is InChI=1S/C11H20O3/c1-4-9-6-8(7-11(12)13-3)10(5-2)14-9/h8-10H,4-7H2,1-3H3. The Morgan fingerprint density at radius 3 is 2.64 bits per heavy atom. The average Bonchev–Trinajstić information content (AvgIpc) is 2.60. The fraction of sp³-hybridized carbons (Fsp3) is 0.909. The SMILES string of the molecule is CCC1CC(CC(=O)OC)C(CC)O1. The molecule has 0 spiro atoms. The molecule has 1 rings (SSSR count). The Hall–Kier alpha value is -0.570. The third kappa shape index (κ3) is 2.71. The smallest absolute Gasteiger partial charge is 0.305 e. The van der Waals surface area contributed by atoms with Gasteiger partial charge in [-0.1, -0.05) is 13.8 Å². The molecule has 14 heavy (non-hydrogen) atoms. The lowest BCUT2D eigenvalue weighted by Crippen LogP contribution is -2.18. The Kier molecular flexibility index (Phi) is 4.39. The van der Waals surface area contributed by atoms with E-state index in [0.717, 1.165) is 19.3 Å². The van der Waals surface area contributed by atoms with E-state index in [4.69, 9.17) is 4.74 Å². The molecule has 0 aliphatic carbocycles. The van der Waals surface area contributed by atoms with Gasteiger partial charge < -0.3 is 9.47 Å². The van der Waals surface area contributed by atoms with Crippen LogP contribution in [0.5, 0.6) is 0 Å². The first-order valence-corrected chi connectivity index (χ1v) is 5.43. The molecule has 0 bridgehead atoms. The van der Waals surface area contributed by atoms with Gasteiger partial charge in [0.1, 0.15) is 0 Å². The summed E-state index contributed by atoms with van der Waals surface area (Å²) in [6.45, 7) is 4.23. The summed E-state index contributed by atoms with van der Waals surface area (Å²) in [5, 5.41) is 0. The van der Waals surface area contributed by atoms with Crippen LogP contribution in [0, 0.1) is 5.92 Å². The Morgan fingerprint density at radius 2 is 2.14 bits per heavy atom. The number of ether oxygens (including phenoxy) is 2. The van der Waals surface area contributed by atoms with Crippen LogP contribution in [0.1, 0.15) is 39.5 Å². The molecule has 3 atom stereocenters. The topological polar surface area (TPSA) is 35.5 Å². The van der Waals surface area contributed by atoms with Crippen molar-refractivity contribution in [2.75, 3.05) is 7.11 Å². The van der Waals surface area contributed by atoms with Crippen molar-refractivity contribution in [1.82, 2.24) is 0 Å². The van der Waals surface area contributed by atoms with Gasteiger partial charge in [-0.05, 0) is 25.2 Å². The molecule has 3 unspecified atom stereocenters. The predicted molar refractivity (Wildman–Crippen MR) is 54.0 cm³/mol. The van der Waals surface area contributed by atoms with E-state index < -0.39 is 0 Å². The van der Waals surface area contributed by atoms with Crippen molar-refractivity contribution in [1.29, 1.82) is 0 Å². The minimum Gasteiger partial charge on any atom is -0.469 e. The molecule has 1 aliphatic rings. The van der Waals surface area contributed by atoms with Crippen LogP contribution < -0.4 is 0 Å². The largest absolute Gasteiger partial charge is 0.469 e. The molecule has 0 amide bonds. The van der Waals surface area contributed by atoms with Crippen molar-refractivity contribution >= 4 is 5.97 Å². The molecule has 0 aromatic rings. The fourth-order valence-corrected chi connectivity index (χ4v) is 2.11. The summed E-state index contributed by atoms with van der Waals surface area (Å²) in [6.07, 6.45) is 4.12. The van der Waals surface area contributed by atoms with Crippen LogP contribution >= 0.6 is 0 Å². The van der Waals surface area contributed by atoms with Crippen molar-refractivity contribution in [3.05, 3.63) is 0 Å². The fourth-order valence-electron chi connectivity index (χ4n) is 2.11. The minimum atomic E-state index is -0.117. The Balaban J connectivity index is 2.46. The number of hydrogen-bond donors (Lipinski definition) is 0. The number of rotatable bonds is 4. The van der Waals surface area contributed by atoms with Gasteiger partial charge in [-0.25, -0.2) is 0 Å². The zero-order valence-electron chi connectivity index (χ0n) is 9.29. The molecule has 82 valence electrons. The van der Waals surface area contributed by atoms with Gasteiger partial charge in [-0.15, -0.1) is 0 Å². The van der Waals surface area contributed by atoms with E-state index in [1.54, 1.807) is 0 Å². The number of esters is 1. The van der Waals surface area contributed by atoms with Gasteiger partial charge in [0.15, 0.2) is 0 Å². The van der Waals surface area contributed by atoms with E-state index in [2.05, 4.69) is 18.6 Å². The average molecular weight is 200 g/mol. The van der Waals surface area contributed by atoms with Crippen molar-refractivity contribution in [3.8, 4) is 0 Å². The van der Waals surface area contributed by atoms with Crippen molar-refractivity contribution in [3.63, 3.8) is 0 Å². The summed E-state index contributed by atoms with van der Waals surface area (Å²) in [5.41, 5.74) is 0. The highest BCUT2D eigenvalue weighted by molar-refractivity contribution is 5.69. The maximum atomic E-state index is 11.1. The Morgan fingerprint density at radius 1 is 1.43 bits per heavy atom. The van der Waals surface area contributed by atoms with Crippen LogP contribution in [0.2, 0.25) is 0 Å². The molecule has 3 heteroatoms. The highest BCUT2D eigenvalue weighted by Gasteiger charge is 2.34. The number of carbonyl (C=O) groups is 1. The van der Waals surface area contributed by atoms with E-state index in [1.165, 1.54) is 7.11 Å². The van der Waals surface area contributed by atoms with Crippen LogP contribution in [0.25, 0.3) is 0 Å². The zero-order chi connectivity index (χ0) is 10.6. The van der Waals surface area contributed by atoms with Crippen LogP contribution in [0.15, 0.2) is 0 Å². The monoisotopic (exact) mass is 200 g/mol. The molecule has 1 heterocycles. The normalized spacial score (nSPS) is 31.8. The molecule has 0 N–H and O–H groups in total. The van der Waals surface area contributed by atoms with E-state index in [9.17, 15) is 4.79 Å². The quantitative estimate of drug-likeness (QED) is 0.652. The minimum absolute atomic E-state index is 0.117. The van der Waals surface area contributed by atoms with E-state index in [0.29, 0.717) is 18.4 Å². The van der Waals surface area contributed by atoms with E-state index in [1.807, 2.05) is 0 Å². The first-order chi connectivity index (χ1) is 6.71. The molecule has 0 radical (unpaired) electrons. The lowest BCUT2D eigenvalue weighted by atomic mass is 9.94. The van der Waals surface area contributed by atoms with Crippen LogP contribution in [-0.2, 0) is 14.3 Å². The second-order valence-corrected chi connectivity index (χ2v) is 3.89. The van der Waals surface area contributed by atoms with E-state index >= 15 is 0 Å². The summed E-state index contributed by atoms with van der Waals surface area (Å²) in [6, 6.07) is 0. The molecular formula is C11H20O3. The lowest BCUT2D eigenvalue weighted by Gasteiger charge is -2.15. The summed E-state index contributed by atoms with van der Waals surface area (Å²) in [5.74, 6) is 0.242. The first kappa shape index (κ1) is 11.5. The highest BCUT2D eigenvalue weighted by atomic mass is 16.5. The van der Waals surface area contributed by atoms with Gasteiger partial charge in [0, 0.05) is 0 Å². The molecule has 1 aliphatic heterocycles. The van der Waals surface area contributed by atoms with Gasteiger partial charge in [0.05, 0.1) is 25.7 Å². The van der Waals surface area contributed by atoms with Crippen molar-refractivity contribution in [2.24, 2.45) is 5.92 Å². The van der Waals surface area contributed by atoms with Gasteiger partial charge >= 0.3 is 5.97 Å². The number of carbonyl (C=O) groups excluding carboxylic acids is 1. The van der Waals surface area contributed by atoms with Crippen molar-refractivity contribution < 1.29 is 14.3 Å². The van der Waals surface area contributed by atoms with Gasteiger partial charge in [-0.2, -0.15) is 0 Å². The maximum Gasteiger partial charge on any atom is 0.305 e. The van der Waals surface area contributed by atoms with Gasteiger partial charge in [0.2, 0.25) is 0 Å². The van der Waals surface area contributed by atoms with E-state index in [-0.39, 0.29) is 12.1 Å². The van der Waals surface area contributed by atoms with Gasteiger partial charge in [-0.3, -0.25) is 4.79 Å². The number of hydrogen-bond acceptors (Lipinski definition) is 3. The van der Waals surface area contributed by atoms with Crippen molar-refractivity contribution in [2.45, 2.75) is 51.7 Å². The summed E-state index contributed by atoms with van der Waals surface area (Å²) < 4.78 is 10.5. The number of methoxy groups -OCH3 is 1. The Labute approximate surface area is 85.8 Å². The zero-order valence-corrected chi connectivity index (χ0v) is 9.29. The first-order valence-electron chi connectivity index (χ1n) is 5.43. The predicted octanol–water partition coefficient (Wildman–Crippen LogP) is 2.14.